The van der Waals surface area contributed by atoms with Gasteiger partial charge in [-0.25, -0.2) is 4.99 Å². The first-order chi connectivity index (χ1) is 12.6. The molecular formula is C19H28N4O2S. The van der Waals surface area contributed by atoms with Crippen LogP contribution in [0.5, 0.6) is 0 Å². The van der Waals surface area contributed by atoms with E-state index in [1.807, 2.05) is 6.92 Å². The highest BCUT2D eigenvalue weighted by Crippen LogP contribution is 2.25. The third kappa shape index (κ3) is 4.80. The minimum absolute atomic E-state index is 0.240. The van der Waals surface area contributed by atoms with E-state index in [0.29, 0.717) is 11.8 Å². The van der Waals surface area contributed by atoms with Gasteiger partial charge in [-0.2, -0.15) is 0 Å². The molecule has 1 atom stereocenters. The summed E-state index contributed by atoms with van der Waals surface area (Å²) in [5.41, 5.74) is -1.12. The summed E-state index contributed by atoms with van der Waals surface area (Å²) in [4.78, 5) is 7.02. The van der Waals surface area contributed by atoms with Crippen molar-refractivity contribution in [2.45, 2.75) is 38.3 Å². The topological polar surface area (TPSA) is 73.0 Å². The second-order valence-corrected chi connectivity index (χ2v) is 7.73. The quantitative estimate of drug-likeness (QED) is 0.534. The monoisotopic (exact) mass is 376 g/mol. The van der Waals surface area contributed by atoms with Gasteiger partial charge >= 0.3 is 0 Å². The van der Waals surface area contributed by atoms with Crippen molar-refractivity contribution in [1.82, 2.24) is 10.6 Å². The number of aliphatic imine (C=N–C) groups is 1. The molecule has 0 bridgehead atoms. The van der Waals surface area contributed by atoms with Crippen LogP contribution in [0.15, 0.2) is 45.3 Å². The van der Waals surface area contributed by atoms with Crippen LogP contribution >= 0.6 is 11.3 Å². The molecule has 7 heteroatoms. The molecule has 0 amide bonds. The molecule has 3 heterocycles. The van der Waals surface area contributed by atoms with Crippen molar-refractivity contribution in [2.24, 2.45) is 4.99 Å². The third-order valence-corrected chi connectivity index (χ3v) is 5.52. The van der Waals surface area contributed by atoms with Gasteiger partial charge in [0.15, 0.2) is 5.96 Å². The van der Waals surface area contributed by atoms with Crippen LogP contribution in [0.25, 0.3) is 0 Å². The highest BCUT2D eigenvalue weighted by Gasteiger charge is 2.26. The third-order valence-electron chi connectivity index (χ3n) is 4.59. The van der Waals surface area contributed by atoms with Gasteiger partial charge in [0.05, 0.1) is 17.8 Å². The molecule has 26 heavy (non-hydrogen) atoms. The smallest absolute Gasteiger partial charge is 0.191 e. The molecule has 3 rings (SSSR count). The Bertz CT molecular complexity index is 674. The van der Waals surface area contributed by atoms with Gasteiger partial charge in [0, 0.05) is 25.7 Å². The second-order valence-electron chi connectivity index (χ2n) is 6.80. The summed E-state index contributed by atoms with van der Waals surface area (Å²) >= 11 is 1.79. The zero-order chi connectivity index (χ0) is 18.4. The normalized spacial score (nSPS) is 18.6. The summed E-state index contributed by atoms with van der Waals surface area (Å²) in [6, 6.07) is 8.22. The maximum atomic E-state index is 10.6. The van der Waals surface area contributed by atoms with Crippen molar-refractivity contribution in [3.63, 3.8) is 0 Å². The summed E-state index contributed by atoms with van der Waals surface area (Å²) in [5.74, 6) is 1.27. The number of nitrogens with one attached hydrogen (secondary N) is 2. The Labute approximate surface area is 158 Å². The van der Waals surface area contributed by atoms with Crippen LogP contribution in [-0.4, -0.2) is 43.3 Å². The molecule has 3 N–H and O–H groups in total. The van der Waals surface area contributed by atoms with E-state index in [-0.39, 0.29) is 6.54 Å². The molecule has 6 nitrogen and oxygen atoms in total. The molecule has 1 aliphatic heterocycles. The Kier molecular flexibility index (Phi) is 6.21. The lowest BCUT2D eigenvalue weighted by molar-refractivity contribution is 0.0436. The summed E-state index contributed by atoms with van der Waals surface area (Å²) in [6.07, 6.45) is 3.70. The molecule has 142 valence electrons. The number of hydrogen-bond donors (Lipinski definition) is 3. The highest BCUT2D eigenvalue weighted by molar-refractivity contribution is 7.14. The lowest BCUT2D eigenvalue weighted by Gasteiger charge is -2.33. The van der Waals surface area contributed by atoms with Crippen molar-refractivity contribution < 1.29 is 9.52 Å². The average Bonchev–Trinajstić information content (AvgIpc) is 3.34. The van der Waals surface area contributed by atoms with Crippen molar-refractivity contribution in [3.8, 4) is 0 Å². The first-order valence-corrected chi connectivity index (χ1v) is 10.1. The minimum atomic E-state index is -1.12. The van der Waals surface area contributed by atoms with Gasteiger partial charge in [-0.15, -0.1) is 11.3 Å². The Balaban J connectivity index is 1.55. The van der Waals surface area contributed by atoms with E-state index in [1.165, 1.54) is 5.00 Å². The van der Waals surface area contributed by atoms with E-state index in [9.17, 15) is 5.11 Å². The van der Waals surface area contributed by atoms with Crippen LogP contribution in [-0.2, 0) is 5.60 Å². The molecule has 1 aliphatic rings. The van der Waals surface area contributed by atoms with Gasteiger partial charge in [0.2, 0.25) is 0 Å². The van der Waals surface area contributed by atoms with Crippen LogP contribution in [0.4, 0.5) is 5.00 Å². The molecule has 1 fully saturated rings. The molecule has 0 radical (unpaired) electrons. The van der Waals surface area contributed by atoms with E-state index >= 15 is 0 Å². The largest absolute Gasteiger partial charge is 0.466 e. The molecule has 2 aromatic heterocycles. The number of guanidine groups is 1. The van der Waals surface area contributed by atoms with Gasteiger partial charge in [0.25, 0.3) is 0 Å². The Morgan fingerprint density at radius 1 is 1.38 bits per heavy atom. The van der Waals surface area contributed by atoms with E-state index in [1.54, 1.807) is 36.7 Å². The van der Waals surface area contributed by atoms with E-state index < -0.39 is 5.60 Å². The number of rotatable bonds is 6. The summed E-state index contributed by atoms with van der Waals surface area (Å²) in [7, 11) is 0. The van der Waals surface area contributed by atoms with E-state index in [2.05, 4.69) is 38.0 Å². The number of anilines is 1. The standard InChI is InChI=1S/C19H28N4O2S/c1-3-20-18(21-14-19(2,24)16-6-4-12-25-16)22-15-8-10-23(11-9-15)17-7-5-13-26-17/h4-7,12-13,15,24H,3,8-11,14H2,1-2H3,(H2,20,21,22). The zero-order valence-corrected chi connectivity index (χ0v) is 16.3. The average molecular weight is 377 g/mol. The predicted molar refractivity (Wildman–Crippen MR) is 107 cm³/mol. The number of thiophene rings is 1. The summed E-state index contributed by atoms with van der Waals surface area (Å²) < 4.78 is 5.32. The zero-order valence-electron chi connectivity index (χ0n) is 15.4. The molecule has 0 spiro atoms. The van der Waals surface area contributed by atoms with Crippen LogP contribution in [0.1, 0.15) is 32.4 Å². The molecule has 1 saturated heterocycles. The van der Waals surface area contributed by atoms with Gasteiger partial charge < -0.3 is 25.1 Å². The Morgan fingerprint density at radius 3 is 2.81 bits per heavy atom. The van der Waals surface area contributed by atoms with Crippen LogP contribution in [0, 0.1) is 0 Å². The van der Waals surface area contributed by atoms with Crippen molar-refractivity contribution >= 4 is 22.3 Å². The van der Waals surface area contributed by atoms with Crippen LogP contribution in [0.3, 0.4) is 0 Å². The summed E-state index contributed by atoms with van der Waals surface area (Å²) in [5, 5.41) is 20.8. The number of furan rings is 1. The van der Waals surface area contributed by atoms with Gasteiger partial charge in [-0.05, 0) is 56.3 Å². The fourth-order valence-corrected chi connectivity index (χ4v) is 3.89. The van der Waals surface area contributed by atoms with Gasteiger partial charge in [-0.3, -0.25) is 0 Å². The van der Waals surface area contributed by atoms with Crippen molar-refractivity contribution in [2.75, 3.05) is 31.1 Å². The number of piperidine rings is 1. The molecule has 1 unspecified atom stereocenters. The predicted octanol–water partition coefficient (Wildman–Crippen LogP) is 2.77. The minimum Gasteiger partial charge on any atom is -0.466 e. The summed E-state index contributed by atoms with van der Waals surface area (Å²) in [6.45, 7) is 6.87. The fourth-order valence-electron chi connectivity index (χ4n) is 3.10. The molecule has 0 aliphatic carbocycles. The lowest BCUT2D eigenvalue weighted by atomic mass is 10.0. The number of hydrogen-bond acceptors (Lipinski definition) is 5. The maximum Gasteiger partial charge on any atom is 0.191 e. The maximum absolute atomic E-state index is 10.6. The molecule has 0 aromatic carbocycles. The van der Waals surface area contributed by atoms with Gasteiger partial charge in [-0.1, -0.05) is 0 Å². The number of nitrogens with zero attached hydrogens (tertiary/aromatic N) is 2. The van der Waals surface area contributed by atoms with E-state index in [0.717, 1.165) is 38.4 Å². The SMILES string of the molecule is CCNC(=NCC(C)(O)c1ccco1)NC1CCN(c2cccs2)CC1. The second kappa shape index (κ2) is 8.60. The van der Waals surface area contributed by atoms with Crippen LogP contribution in [0.2, 0.25) is 0 Å². The number of aliphatic hydroxyl groups is 1. The van der Waals surface area contributed by atoms with Crippen LogP contribution < -0.4 is 15.5 Å². The first-order valence-electron chi connectivity index (χ1n) is 9.18. The van der Waals surface area contributed by atoms with Crippen molar-refractivity contribution in [3.05, 3.63) is 41.7 Å². The van der Waals surface area contributed by atoms with Gasteiger partial charge in [0.1, 0.15) is 11.4 Å². The molecular weight excluding hydrogens is 348 g/mol. The highest BCUT2D eigenvalue weighted by atomic mass is 32.1. The Morgan fingerprint density at radius 2 is 2.19 bits per heavy atom. The first kappa shape index (κ1) is 18.8. The van der Waals surface area contributed by atoms with E-state index in [4.69, 9.17) is 4.42 Å². The Hall–Kier alpha value is -1.99. The lowest BCUT2D eigenvalue weighted by Crippen LogP contribution is -2.49. The van der Waals surface area contributed by atoms with Crippen molar-refractivity contribution in [1.29, 1.82) is 0 Å². The fraction of sp³-hybridized carbons (Fsp3) is 0.526. The molecule has 0 saturated carbocycles. The molecule has 2 aromatic rings.